The molecular formula is C17H19N5O2S. The summed E-state index contributed by atoms with van der Waals surface area (Å²) in [5.74, 6) is 0.792. The van der Waals surface area contributed by atoms with Gasteiger partial charge in [-0.05, 0) is 37.1 Å². The van der Waals surface area contributed by atoms with Crippen LogP contribution in [0.15, 0.2) is 47.3 Å². The van der Waals surface area contributed by atoms with Crippen molar-refractivity contribution in [3.8, 4) is 5.13 Å². The maximum Gasteiger partial charge on any atom is 0.225 e. The summed E-state index contributed by atoms with van der Waals surface area (Å²) in [6.07, 6.45) is 7.37. The zero-order valence-electron chi connectivity index (χ0n) is 13.7. The average Bonchev–Trinajstić information content (AvgIpc) is 3.41. The van der Waals surface area contributed by atoms with E-state index in [9.17, 15) is 4.79 Å². The molecule has 3 aromatic rings. The normalized spacial score (nSPS) is 17.6. The molecule has 8 heteroatoms. The van der Waals surface area contributed by atoms with Gasteiger partial charge in [-0.15, -0.1) is 10.2 Å². The first-order valence-corrected chi connectivity index (χ1v) is 9.13. The number of hydrogen-bond donors (Lipinski definition) is 1. The van der Waals surface area contributed by atoms with Crippen LogP contribution < -0.4 is 10.2 Å². The zero-order chi connectivity index (χ0) is 17.1. The van der Waals surface area contributed by atoms with E-state index in [1.807, 2.05) is 41.2 Å². The van der Waals surface area contributed by atoms with Crippen molar-refractivity contribution in [3.63, 3.8) is 0 Å². The van der Waals surface area contributed by atoms with Crippen molar-refractivity contribution in [2.75, 3.05) is 18.0 Å². The maximum absolute atomic E-state index is 12.4. The van der Waals surface area contributed by atoms with E-state index in [1.54, 1.807) is 17.6 Å². The minimum Gasteiger partial charge on any atom is -0.467 e. The number of anilines is 1. The van der Waals surface area contributed by atoms with Gasteiger partial charge in [0.15, 0.2) is 0 Å². The SMILES string of the molecule is O=C(NCc1ccco1)[C@H]1CCCN(c2nnc(-n3cccc3)s2)C1. The number of nitrogens with one attached hydrogen (secondary N) is 1. The van der Waals surface area contributed by atoms with Gasteiger partial charge in [0.25, 0.3) is 0 Å². The third kappa shape index (κ3) is 3.58. The quantitative estimate of drug-likeness (QED) is 0.759. The fourth-order valence-electron chi connectivity index (χ4n) is 3.00. The van der Waals surface area contributed by atoms with Crippen LogP contribution in [-0.2, 0) is 11.3 Å². The van der Waals surface area contributed by atoms with Gasteiger partial charge in [-0.1, -0.05) is 11.3 Å². The summed E-state index contributed by atoms with van der Waals surface area (Å²) < 4.78 is 7.20. The average molecular weight is 357 g/mol. The standard InChI is InChI=1S/C17H19N5O2S/c23-15(18-11-14-6-4-10-24-14)13-5-3-9-22(12-13)17-20-19-16(25-17)21-7-1-2-8-21/h1-2,4,6-8,10,13H,3,5,9,11-12H2,(H,18,23)/t13-/m0/s1. The van der Waals surface area contributed by atoms with Gasteiger partial charge >= 0.3 is 0 Å². The van der Waals surface area contributed by atoms with Crippen LogP contribution in [0.2, 0.25) is 0 Å². The number of carbonyl (C=O) groups is 1. The smallest absolute Gasteiger partial charge is 0.225 e. The first-order chi connectivity index (χ1) is 12.3. The number of amides is 1. The van der Waals surface area contributed by atoms with Crippen molar-refractivity contribution in [2.45, 2.75) is 19.4 Å². The summed E-state index contributed by atoms with van der Waals surface area (Å²) in [5, 5.41) is 13.2. The molecule has 1 amide bonds. The van der Waals surface area contributed by atoms with E-state index < -0.39 is 0 Å². The molecule has 4 rings (SSSR count). The third-order valence-corrected chi connectivity index (χ3v) is 5.31. The third-order valence-electron chi connectivity index (χ3n) is 4.31. The molecule has 1 N–H and O–H groups in total. The van der Waals surface area contributed by atoms with E-state index in [2.05, 4.69) is 20.4 Å². The van der Waals surface area contributed by atoms with Crippen LogP contribution in [0.1, 0.15) is 18.6 Å². The van der Waals surface area contributed by atoms with Gasteiger partial charge in [-0.25, -0.2) is 0 Å². The first-order valence-electron chi connectivity index (χ1n) is 8.31. The van der Waals surface area contributed by atoms with Crippen LogP contribution in [0.5, 0.6) is 0 Å². The van der Waals surface area contributed by atoms with Crippen LogP contribution in [-0.4, -0.2) is 33.8 Å². The molecule has 0 saturated carbocycles. The molecule has 0 aromatic carbocycles. The molecule has 0 bridgehead atoms. The Balaban J connectivity index is 1.38. The van der Waals surface area contributed by atoms with Crippen LogP contribution >= 0.6 is 11.3 Å². The molecule has 1 saturated heterocycles. The van der Waals surface area contributed by atoms with Gasteiger partial charge in [0.05, 0.1) is 18.7 Å². The lowest BCUT2D eigenvalue weighted by Gasteiger charge is -2.31. The topological polar surface area (TPSA) is 76.2 Å². The largest absolute Gasteiger partial charge is 0.467 e. The highest BCUT2D eigenvalue weighted by Crippen LogP contribution is 2.27. The lowest BCUT2D eigenvalue weighted by atomic mass is 9.97. The molecule has 1 fully saturated rings. The number of furan rings is 1. The molecule has 1 atom stereocenters. The Bertz CT molecular complexity index is 812. The summed E-state index contributed by atoms with van der Waals surface area (Å²) in [6, 6.07) is 7.60. The van der Waals surface area contributed by atoms with E-state index >= 15 is 0 Å². The molecule has 0 aliphatic carbocycles. The molecular weight excluding hydrogens is 338 g/mol. The lowest BCUT2D eigenvalue weighted by Crippen LogP contribution is -2.42. The van der Waals surface area contributed by atoms with Crippen molar-refractivity contribution < 1.29 is 9.21 Å². The molecule has 0 radical (unpaired) electrons. The van der Waals surface area contributed by atoms with Crippen molar-refractivity contribution in [1.82, 2.24) is 20.1 Å². The number of piperidine rings is 1. The number of rotatable bonds is 5. The molecule has 1 aliphatic rings. The second-order valence-electron chi connectivity index (χ2n) is 6.04. The highest BCUT2D eigenvalue weighted by atomic mass is 32.1. The van der Waals surface area contributed by atoms with E-state index in [0.717, 1.165) is 35.4 Å². The molecule has 25 heavy (non-hydrogen) atoms. The molecule has 0 spiro atoms. The van der Waals surface area contributed by atoms with E-state index in [0.29, 0.717) is 13.1 Å². The van der Waals surface area contributed by atoms with Gasteiger partial charge in [0, 0.05) is 25.5 Å². The summed E-state index contributed by atoms with van der Waals surface area (Å²) in [7, 11) is 0. The molecule has 0 unspecified atom stereocenters. The molecule has 3 aromatic heterocycles. The Kier molecular flexibility index (Phi) is 4.51. The zero-order valence-corrected chi connectivity index (χ0v) is 14.5. The fraction of sp³-hybridized carbons (Fsp3) is 0.353. The minimum atomic E-state index is -0.0392. The monoisotopic (exact) mass is 357 g/mol. The molecule has 130 valence electrons. The van der Waals surface area contributed by atoms with Gasteiger partial charge in [0.2, 0.25) is 16.2 Å². The Labute approximate surface area is 149 Å². The second kappa shape index (κ2) is 7.10. The summed E-state index contributed by atoms with van der Waals surface area (Å²) in [6.45, 7) is 2.01. The highest BCUT2D eigenvalue weighted by Gasteiger charge is 2.27. The minimum absolute atomic E-state index is 0.0392. The Morgan fingerprint density at radius 2 is 2.12 bits per heavy atom. The molecule has 4 heterocycles. The van der Waals surface area contributed by atoms with Crippen molar-refractivity contribution in [2.24, 2.45) is 5.92 Å². The van der Waals surface area contributed by atoms with Gasteiger partial charge in [-0.3, -0.25) is 9.36 Å². The Morgan fingerprint density at radius 3 is 2.92 bits per heavy atom. The Morgan fingerprint density at radius 1 is 1.28 bits per heavy atom. The summed E-state index contributed by atoms with van der Waals surface area (Å²) in [5.41, 5.74) is 0. The van der Waals surface area contributed by atoms with Crippen LogP contribution in [0, 0.1) is 5.92 Å². The maximum atomic E-state index is 12.4. The number of aromatic nitrogens is 3. The van der Waals surface area contributed by atoms with Crippen molar-refractivity contribution in [1.29, 1.82) is 0 Å². The van der Waals surface area contributed by atoms with Gasteiger partial charge in [-0.2, -0.15) is 0 Å². The van der Waals surface area contributed by atoms with Crippen molar-refractivity contribution >= 4 is 22.4 Å². The fourth-order valence-corrected chi connectivity index (χ4v) is 3.85. The Hall–Kier alpha value is -2.61. The van der Waals surface area contributed by atoms with E-state index in [1.165, 1.54) is 0 Å². The van der Waals surface area contributed by atoms with Gasteiger partial charge in [0.1, 0.15) is 5.76 Å². The van der Waals surface area contributed by atoms with Crippen molar-refractivity contribution in [3.05, 3.63) is 48.7 Å². The van der Waals surface area contributed by atoms with Crippen LogP contribution in [0.4, 0.5) is 5.13 Å². The van der Waals surface area contributed by atoms with Gasteiger partial charge < -0.3 is 14.6 Å². The van der Waals surface area contributed by atoms with E-state index in [4.69, 9.17) is 4.42 Å². The number of nitrogens with zero attached hydrogens (tertiary/aromatic N) is 4. The summed E-state index contributed by atoms with van der Waals surface area (Å²) in [4.78, 5) is 14.6. The van der Waals surface area contributed by atoms with Crippen LogP contribution in [0.3, 0.4) is 0 Å². The first kappa shape index (κ1) is 15.9. The molecule has 1 aliphatic heterocycles. The predicted molar refractivity (Wildman–Crippen MR) is 94.7 cm³/mol. The highest BCUT2D eigenvalue weighted by molar-refractivity contribution is 7.17. The van der Waals surface area contributed by atoms with Crippen LogP contribution in [0.25, 0.3) is 5.13 Å². The predicted octanol–water partition coefficient (Wildman–Crippen LogP) is 2.45. The number of hydrogen-bond acceptors (Lipinski definition) is 6. The number of carbonyl (C=O) groups excluding carboxylic acids is 1. The second-order valence-corrected chi connectivity index (χ2v) is 6.97. The van der Waals surface area contributed by atoms with E-state index in [-0.39, 0.29) is 11.8 Å². The lowest BCUT2D eigenvalue weighted by molar-refractivity contribution is -0.125. The summed E-state index contributed by atoms with van der Waals surface area (Å²) >= 11 is 1.54. The molecule has 7 nitrogen and oxygen atoms in total.